The van der Waals surface area contributed by atoms with Gasteiger partial charge in [0.2, 0.25) is 0 Å². The van der Waals surface area contributed by atoms with E-state index in [1.54, 1.807) is 23.3 Å². The Hall–Kier alpha value is -1.43. The fraction of sp³-hybridized carbons (Fsp3) is 0.222. The van der Waals surface area contributed by atoms with Crippen LogP contribution < -0.4 is 5.32 Å². The molecule has 0 spiro atoms. The third-order valence-electron chi connectivity index (χ3n) is 1.85. The van der Waals surface area contributed by atoms with Gasteiger partial charge in [0.15, 0.2) is 0 Å². The van der Waals surface area contributed by atoms with Crippen molar-refractivity contribution in [3.63, 3.8) is 0 Å². The molecule has 6 heteroatoms. The highest BCUT2D eigenvalue weighted by molar-refractivity contribution is 9.10. The van der Waals surface area contributed by atoms with E-state index in [1.807, 2.05) is 12.3 Å². The first-order valence-electron chi connectivity index (χ1n) is 4.53. The Labute approximate surface area is 95.7 Å². The molecule has 0 radical (unpaired) electrons. The van der Waals surface area contributed by atoms with Crippen molar-refractivity contribution in [1.29, 1.82) is 0 Å². The highest BCUT2D eigenvalue weighted by Gasteiger charge is 1.94. The third-order valence-corrected chi connectivity index (χ3v) is 2.28. The predicted molar refractivity (Wildman–Crippen MR) is 60.4 cm³/mol. The van der Waals surface area contributed by atoms with Crippen molar-refractivity contribution in [2.45, 2.75) is 6.54 Å². The predicted octanol–water partition coefficient (Wildman–Crippen LogP) is 1.55. The molecule has 2 heterocycles. The number of rotatable bonds is 4. The SMILES string of the molecule is Brc1cncc(NCCn2ccnn2)c1. The summed E-state index contributed by atoms with van der Waals surface area (Å²) >= 11 is 3.36. The maximum absolute atomic E-state index is 4.06. The van der Waals surface area contributed by atoms with Crippen molar-refractivity contribution in [3.8, 4) is 0 Å². The molecule has 0 unspecified atom stereocenters. The van der Waals surface area contributed by atoms with E-state index in [4.69, 9.17) is 0 Å². The number of halogens is 1. The normalized spacial score (nSPS) is 10.2. The molecule has 0 amide bonds. The molecule has 0 fully saturated rings. The van der Waals surface area contributed by atoms with Crippen molar-refractivity contribution in [2.24, 2.45) is 0 Å². The van der Waals surface area contributed by atoms with E-state index in [-0.39, 0.29) is 0 Å². The Balaban J connectivity index is 1.83. The molecule has 78 valence electrons. The molecule has 0 atom stereocenters. The summed E-state index contributed by atoms with van der Waals surface area (Å²) in [4.78, 5) is 4.06. The summed E-state index contributed by atoms with van der Waals surface area (Å²) < 4.78 is 2.74. The van der Waals surface area contributed by atoms with Crippen LogP contribution in [-0.2, 0) is 6.54 Å². The van der Waals surface area contributed by atoms with Gasteiger partial charge in [0.05, 0.1) is 24.6 Å². The number of hydrogen-bond acceptors (Lipinski definition) is 4. The van der Waals surface area contributed by atoms with Gasteiger partial charge in [-0.15, -0.1) is 5.10 Å². The van der Waals surface area contributed by atoms with Crippen LogP contribution in [0.3, 0.4) is 0 Å². The average Bonchev–Trinajstić information content (AvgIpc) is 2.71. The van der Waals surface area contributed by atoms with Crippen LogP contribution >= 0.6 is 15.9 Å². The van der Waals surface area contributed by atoms with Crippen molar-refractivity contribution in [3.05, 3.63) is 35.3 Å². The summed E-state index contributed by atoms with van der Waals surface area (Å²) in [5, 5.41) is 10.8. The molecule has 0 aliphatic heterocycles. The molecule has 0 aliphatic rings. The molecule has 5 nitrogen and oxygen atoms in total. The van der Waals surface area contributed by atoms with Crippen LogP contribution in [0.25, 0.3) is 0 Å². The van der Waals surface area contributed by atoms with Crippen LogP contribution in [0.2, 0.25) is 0 Å². The molecular formula is C9H10BrN5. The van der Waals surface area contributed by atoms with E-state index < -0.39 is 0 Å². The first-order valence-corrected chi connectivity index (χ1v) is 5.32. The van der Waals surface area contributed by atoms with Gasteiger partial charge in [0.25, 0.3) is 0 Å². The lowest BCUT2D eigenvalue weighted by atomic mass is 10.4. The molecular weight excluding hydrogens is 258 g/mol. The van der Waals surface area contributed by atoms with Crippen molar-refractivity contribution in [1.82, 2.24) is 20.0 Å². The van der Waals surface area contributed by atoms with E-state index in [9.17, 15) is 0 Å². The van der Waals surface area contributed by atoms with Crippen LogP contribution in [0.5, 0.6) is 0 Å². The van der Waals surface area contributed by atoms with Gasteiger partial charge in [-0.25, -0.2) is 0 Å². The van der Waals surface area contributed by atoms with E-state index in [0.29, 0.717) is 0 Å². The fourth-order valence-corrected chi connectivity index (χ4v) is 1.54. The molecule has 15 heavy (non-hydrogen) atoms. The van der Waals surface area contributed by atoms with Gasteiger partial charge in [-0.2, -0.15) is 0 Å². The van der Waals surface area contributed by atoms with Gasteiger partial charge >= 0.3 is 0 Å². The van der Waals surface area contributed by atoms with Crippen LogP contribution in [-0.4, -0.2) is 26.5 Å². The van der Waals surface area contributed by atoms with Gasteiger partial charge < -0.3 is 5.32 Å². The zero-order valence-electron chi connectivity index (χ0n) is 7.97. The zero-order valence-corrected chi connectivity index (χ0v) is 9.55. The van der Waals surface area contributed by atoms with Gasteiger partial charge in [-0.1, -0.05) is 5.21 Å². The van der Waals surface area contributed by atoms with Gasteiger partial charge in [-0.3, -0.25) is 9.67 Å². The monoisotopic (exact) mass is 267 g/mol. The maximum Gasteiger partial charge on any atom is 0.0692 e. The quantitative estimate of drug-likeness (QED) is 0.914. The van der Waals surface area contributed by atoms with Crippen LogP contribution in [0.4, 0.5) is 5.69 Å². The third kappa shape index (κ3) is 3.02. The van der Waals surface area contributed by atoms with E-state index in [2.05, 4.69) is 36.5 Å². The zero-order chi connectivity index (χ0) is 10.5. The Kier molecular flexibility index (Phi) is 3.29. The maximum atomic E-state index is 4.06. The van der Waals surface area contributed by atoms with Gasteiger partial charge in [0, 0.05) is 23.4 Å². The lowest BCUT2D eigenvalue weighted by Gasteiger charge is -2.05. The highest BCUT2D eigenvalue weighted by Crippen LogP contribution is 2.12. The molecule has 0 saturated heterocycles. The Morgan fingerprint density at radius 2 is 2.33 bits per heavy atom. The molecule has 0 aromatic carbocycles. The van der Waals surface area contributed by atoms with Crippen LogP contribution in [0, 0.1) is 0 Å². The van der Waals surface area contributed by atoms with Crippen molar-refractivity contribution in [2.75, 3.05) is 11.9 Å². The lowest BCUT2D eigenvalue weighted by Crippen LogP contribution is -2.11. The number of hydrogen-bond donors (Lipinski definition) is 1. The number of pyridine rings is 1. The minimum atomic E-state index is 0.784. The Morgan fingerprint density at radius 3 is 3.07 bits per heavy atom. The number of aromatic nitrogens is 4. The molecule has 0 bridgehead atoms. The number of nitrogens with zero attached hydrogens (tertiary/aromatic N) is 4. The number of nitrogens with one attached hydrogen (secondary N) is 1. The topological polar surface area (TPSA) is 55.6 Å². The lowest BCUT2D eigenvalue weighted by molar-refractivity contribution is 0.609. The Bertz CT molecular complexity index is 414. The summed E-state index contributed by atoms with van der Waals surface area (Å²) in [6.07, 6.45) is 7.04. The first-order chi connectivity index (χ1) is 7.34. The smallest absolute Gasteiger partial charge is 0.0692 e. The molecule has 2 aromatic rings. The van der Waals surface area contributed by atoms with Crippen molar-refractivity contribution >= 4 is 21.6 Å². The molecule has 2 aromatic heterocycles. The van der Waals surface area contributed by atoms with E-state index in [1.165, 1.54) is 0 Å². The van der Waals surface area contributed by atoms with E-state index >= 15 is 0 Å². The second-order valence-corrected chi connectivity index (χ2v) is 3.90. The molecule has 1 N–H and O–H groups in total. The largest absolute Gasteiger partial charge is 0.382 e. The molecule has 2 rings (SSSR count). The standard InChI is InChI=1S/C9H10BrN5/c10-8-5-9(7-11-6-8)12-1-3-15-4-2-13-14-15/h2,4-7,12H,1,3H2. The summed E-state index contributed by atoms with van der Waals surface area (Å²) in [7, 11) is 0. The van der Waals surface area contributed by atoms with Crippen LogP contribution in [0.1, 0.15) is 0 Å². The summed E-state index contributed by atoms with van der Waals surface area (Å²) in [5.74, 6) is 0. The number of anilines is 1. The Morgan fingerprint density at radius 1 is 1.40 bits per heavy atom. The second-order valence-electron chi connectivity index (χ2n) is 2.98. The van der Waals surface area contributed by atoms with E-state index in [0.717, 1.165) is 23.2 Å². The highest BCUT2D eigenvalue weighted by atomic mass is 79.9. The van der Waals surface area contributed by atoms with Gasteiger partial charge in [0.1, 0.15) is 0 Å². The molecule has 0 aliphatic carbocycles. The summed E-state index contributed by atoms with van der Waals surface area (Å²) in [6.45, 7) is 1.58. The summed E-state index contributed by atoms with van der Waals surface area (Å²) in [5.41, 5.74) is 0.990. The van der Waals surface area contributed by atoms with Crippen LogP contribution in [0.15, 0.2) is 35.3 Å². The fourth-order valence-electron chi connectivity index (χ4n) is 1.18. The van der Waals surface area contributed by atoms with Crippen molar-refractivity contribution < 1.29 is 0 Å². The average molecular weight is 268 g/mol. The summed E-state index contributed by atoms with van der Waals surface area (Å²) in [6, 6.07) is 1.98. The molecule has 0 saturated carbocycles. The first kappa shape index (κ1) is 10.1. The van der Waals surface area contributed by atoms with Gasteiger partial charge in [-0.05, 0) is 22.0 Å². The second kappa shape index (κ2) is 4.88. The minimum Gasteiger partial charge on any atom is -0.382 e. The minimum absolute atomic E-state index is 0.784.